The number of carbonyl (C=O) groups is 1. The highest BCUT2D eigenvalue weighted by molar-refractivity contribution is 6.05. The first kappa shape index (κ1) is 12.5. The van der Waals surface area contributed by atoms with E-state index in [1.807, 2.05) is 19.2 Å². The zero-order valence-corrected chi connectivity index (χ0v) is 11.0. The molecule has 1 aromatic carbocycles. The number of nitrogens with zero attached hydrogens (tertiary/aromatic N) is 1. The Bertz CT molecular complexity index is 611. The van der Waals surface area contributed by atoms with Gasteiger partial charge in [0.1, 0.15) is 5.75 Å². The third kappa shape index (κ3) is 1.83. The Morgan fingerprint density at radius 1 is 1.39 bits per heavy atom. The molecule has 0 unspecified atom stereocenters. The van der Waals surface area contributed by atoms with Gasteiger partial charge in [-0.15, -0.1) is 0 Å². The lowest BCUT2D eigenvalue weighted by Crippen LogP contribution is -2.01. The Morgan fingerprint density at radius 3 is 2.56 bits per heavy atom. The second-order valence-electron chi connectivity index (χ2n) is 4.69. The Hall–Kier alpha value is -1.97. The van der Waals surface area contributed by atoms with Crippen molar-refractivity contribution in [1.82, 2.24) is 4.57 Å². The van der Waals surface area contributed by atoms with Gasteiger partial charge in [0.15, 0.2) is 0 Å². The standard InChI is InChI=1S/C14H17NO3/c1-8(2)15-7-9(3)13-11(14(16)17)5-10(18-4)6-12(13)15/h5-8H,1-4H3,(H,16,17). The zero-order valence-electron chi connectivity index (χ0n) is 11.0. The minimum absolute atomic E-state index is 0.273. The molecule has 1 aromatic heterocycles. The Morgan fingerprint density at radius 2 is 2.06 bits per heavy atom. The third-order valence-corrected chi connectivity index (χ3v) is 3.12. The molecule has 18 heavy (non-hydrogen) atoms. The van der Waals surface area contributed by atoms with Crippen LogP contribution in [0.3, 0.4) is 0 Å². The van der Waals surface area contributed by atoms with Gasteiger partial charge in [0.2, 0.25) is 0 Å². The van der Waals surface area contributed by atoms with E-state index in [9.17, 15) is 9.90 Å². The maximum Gasteiger partial charge on any atom is 0.336 e. The zero-order chi connectivity index (χ0) is 13.4. The van der Waals surface area contributed by atoms with Gasteiger partial charge in [-0.1, -0.05) is 0 Å². The van der Waals surface area contributed by atoms with Crippen molar-refractivity contribution in [1.29, 1.82) is 0 Å². The number of fused-ring (bicyclic) bond motifs is 1. The average molecular weight is 247 g/mol. The number of carboxylic acids is 1. The summed E-state index contributed by atoms with van der Waals surface area (Å²) in [5, 5.41) is 10.1. The van der Waals surface area contributed by atoms with Crippen LogP contribution in [-0.4, -0.2) is 22.8 Å². The van der Waals surface area contributed by atoms with E-state index in [-0.39, 0.29) is 6.04 Å². The summed E-state index contributed by atoms with van der Waals surface area (Å²) in [6.07, 6.45) is 1.99. The van der Waals surface area contributed by atoms with E-state index in [1.54, 1.807) is 13.2 Å². The molecule has 2 aromatic rings. The van der Waals surface area contributed by atoms with Gasteiger partial charge >= 0.3 is 5.97 Å². The largest absolute Gasteiger partial charge is 0.497 e. The molecule has 0 bridgehead atoms. The maximum atomic E-state index is 11.3. The lowest BCUT2D eigenvalue weighted by molar-refractivity contribution is 0.0698. The van der Waals surface area contributed by atoms with Crippen LogP contribution < -0.4 is 4.74 Å². The van der Waals surface area contributed by atoms with Crippen molar-refractivity contribution >= 4 is 16.9 Å². The molecule has 0 atom stereocenters. The van der Waals surface area contributed by atoms with Gasteiger partial charge in [-0.3, -0.25) is 0 Å². The Balaban J connectivity index is 2.88. The second-order valence-corrected chi connectivity index (χ2v) is 4.69. The molecule has 0 fully saturated rings. The molecule has 0 aliphatic heterocycles. The second kappa shape index (κ2) is 4.37. The van der Waals surface area contributed by atoms with Gasteiger partial charge in [0.05, 0.1) is 18.2 Å². The highest BCUT2D eigenvalue weighted by Gasteiger charge is 2.17. The van der Waals surface area contributed by atoms with Crippen molar-refractivity contribution < 1.29 is 14.6 Å². The average Bonchev–Trinajstić information content (AvgIpc) is 2.65. The lowest BCUT2D eigenvalue weighted by Gasteiger charge is -2.11. The molecule has 0 radical (unpaired) electrons. The fourth-order valence-corrected chi connectivity index (χ4v) is 2.28. The molecule has 0 aliphatic rings. The molecule has 1 heterocycles. The van der Waals surface area contributed by atoms with E-state index >= 15 is 0 Å². The van der Waals surface area contributed by atoms with Crippen molar-refractivity contribution in [2.24, 2.45) is 0 Å². The lowest BCUT2D eigenvalue weighted by atomic mass is 10.1. The SMILES string of the molecule is COc1cc(C(=O)O)c2c(C)cn(C(C)C)c2c1. The molecule has 0 amide bonds. The summed E-state index contributed by atoms with van der Waals surface area (Å²) >= 11 is 0. The summed E-state index contributed by atoms with van der Waals surface area (Å²) < 4.78 is 7.25. The van der Waals surface area contributed by atoms with Crippen LogP contribution in [0.4, 0.5) is 0 Å². The molecular weight excluding hydrogens is 230 g/mol. The highest BCUT2D eigenvalue weighted by atomic mass is 16.5. The first-order chi connectivity index (χ1) is 8.45. The number of hydrogen-bond acceptors (Lipinski definition) is 2. The predicted molar refractivity (Wildman–Crippen MR) is 70.6 cm³/mol. The van der Waals surface area contributed by atoms with E-state index < -0.39 is 5.97 Å². The molecule has 1 N–H and O–H groups in total. The minimum atomic E-state index is -0.927. The predicted octanol–water partition coefficient (Wildman–Crippen LogP) is 3.24. The van der Waals surface area contributed by atoms with Crippen molar-refractivity contribution in [2.75, 3.05) is 7.11 Å². The van der Waals surface area contributed by atoms with Crippen molar-refractivity contribution in [3.8, 4) is 5.75 Å². The number of aryl methyl sites for hydroxylation is 1. The molecule has 4 nitrogen and oxygen atoms in total. The van der Waals surface area contributed by atoms with Crippen LogP contribution in [-0.2, 0) is 0 Å². The van der Waals surface area contributed by atoms with Crippen molar-refractivity contribution in [2.45, 2.75) is 26.8 Å². The Kier molecular flexibility index (Phi) is 3.03. The van der Waals surface area contributed by atoms with Crippen LogP contribution in [0.2, 0.25) is 0 Å². The number of methoxy groups -OCH3 is 1. The molecule has 4 heteroatoms. The Labute approximate surface area is 106 Å². The molecule has 0 saturated carbocycles. The van der Waals surface area contributed by atoms with E-state index in [2.05, 4.69) is 18.4 Å². The van der Waals surface area contributed by atoms with Crippen LogP contribution in [0.1, 0.15) is 35.8 Å². The number of aromatic nitrogens is 1. The number of aromatic carboxylic acids is 1. The first-order valence-corrected chi connectivity index (χ1v) is 5.88. The van der Waals surface area contributed by atoms with E-state index in [0.29, 0.717) is 11.3 Å². The van der Waals surface area contributed by atoms with Crippen molar-refractivity contribution in [3.05, 3.63) is 29.5 Å². The van der Waals surface area contributed by atoms with Crippen LogP contribution in [0.15, 0.2) is 18.3 Å². The van der Waals surface area contributed by atoms with E-state index in [0.717, 1.165) is 16.5 Å². The molecular formula is C14H17NO3. The molecule has 0 saturated heterocycles. The van der Waals surface area contributed by atoms with Gasteiger partial charge < -0.3 is 14.4 Å². The first-order valence-electron chi connectivity index (χ1n) is 5.88. The quantitative estimate of drug-likeness (QED) is 0.905. The van der Waals surface area contributed by atoms with E-state index in [1.165, 1.54) is 0 Å². The summed E-state index contributed by atoms with van der Waals surface area (Å²) in [6, 6.07) is 3.73. The van der Waals surface area contributed by atoms with Crippen molar-refractivity contribution in [3.63, 3.8) is 0 Å². The molecule has 2 rings (SSSR count). The molecule has 0 spiro atoms. The monoisotopic (exact) mass is 247 g/mol. The van der Waals surface area contributed by atoms with Gasteiger partial charge in [0.25, 0.3) is 0 Å². The van der Waals surface area contributed by atoms with Crippen LogP contribution in [0.5, 0.6) is 5.75 Å². The van der Waals surface area contributed by atoms with Crippen LogP contribution >= 0.6 is 0 Å². The minimum Gasteiger partial charge on any atom is -0.497 e. The number of ether oxygens (including phenoxy) is 1. The fraction of sp³-hybridized carbons (Fsp3) is 0.357. The summed E-state index contributed by atoms with van der Waals surface area (Å²) in [5.41, 5.74) is 2.17. The molecule has 0 aliphatic carbocycles. The number of carboxylic acid groups (broad SMARTS) is 1. The number of benzene rings is 1. The van der Waals surface area contributed by atoms with Gasteiger partial charge in [-0.05, 0) is 32.4 Å². The third-order valence-electron chi connectivity index (χ3n) is 3.12. The fourth-order valence-electron chi connectivity index (χ4n) is 2.28. The van der Waals surface area contributed by atoms with Crippen LogP contribution in [0, 0.1) is 6.92 Å². The van der Waals surface area contributed by atoms with E-state index in [4.69, 9.17) is 4.74 Å². The maximum absolute atomic E-state index is 11.3. The number of hydrogen-bond donors (Lipinski definition) is 1. The number of rotatable bonds is 3. The summed E-state index contributed by atoms with van der Waals surface area (Å²) in [6.45, 7) is 6.07. The normalized spacial score (nSPS) is 11.2. The summed E-state index contributed by atoms with van der Waals surface area (Å²) in [5.74, 6) is -0.358. The van der Waals surface area contributed by atoms with Crippen LogP contribution in [0.25, 0.3) is 10.9 Å². The summed E-state index contributed by atoms with van der Waals surface area (Å²) in [4.78, 5) is 11.3. The van der Waals surface area contributed by atoms with Gasteiger partial charge in [0, 0.05) is 23.7 Å². The molecule has 96 valence electrons. The van der Waals surface area contributed by atoms with Gasteiger partial charge in [-0.25, -0.2) is 4.79 Å². The smallest absolute Gasteiger partial charge is 0.336 e. The topological polar surface area (TPSA) is 51.5 Å². The summed E-state index contributed by atoms with van der Waals surface area (Å²) in [7, 11) is 1.54. The highest BCUT2D eigenvalue weighted by Crippen LogP contribution is 2.31. The van der Waals surface area contributed by atoms with Gasteiger partial charge in [-0.2, -0.15) is 0 Å².